The number of aryl methyl sites for hydroxylation is 1. The summed E-state index contributed by atoms with van der Waals surface area (Å²) in [5.74, 6) is 0.357. The van der Waals surface area contributed by atoms with Crippen molar-refractivity contribution in [1.82, 2.24) is 15.3 Å². The molecule has 1 aliphatic heterocycles. The van der Waals surface area contributed by atoms with E-state index in [1.54, 1.807) is 18.3 Å². The highest BCUT2D eigenvalue weighted by atomic mass is 19.1. The van der Waals surface area contributed by atoms with Crippen LogP contribution >= 0.6 is 0 Å². The first kappa shape index (κ1) is 15.5. The lowest BCUT2D eigenvalue weighted by Gasteiger charge is -2.50. The number of rotatable bonds is 3. The van der Waals surface area contributed by atoms with Crippen molar-refractivity contribution in [3.8, 4) is 11.3 Å². The van der Waals surface area contributed by atoms with Crippen molar-refractivity contribution in [3.63, 3.8) is 0 Å². The zero-order valence-corrected chi connectivity index (χ0v) is 14.0. The van der Waals surface area contributed by atoms with E-state index in [1.165, 1.54) is 31.7 Å². The molecule has 2 N–H and O–H groups in total. The fourth-order valence-corrected chi connectivity index (χ4v) is 4.07. The van der Waals surface area contributed by atoms with Crippen molar-refractivity contribution in [3.05, 3.63) is 41.8 Å². The summed E-state index contributed by atoms with van der Waals surface area (Å²) in [6.45, 7) is 4.18. The molecule has 2 aliphatic rings. The highest BCUT2D eigenvalue weighted by Crippen LogP contribution is 2.48. The minimum atomic E-state index is -0.248. The van der Waals surface area contributed by atoms with Gasteiger partial charge in [-0.1, -0.05) is 12.1 Å². The number of hydrogen-bond donors (Lipinski definition) is 2. The molecule has 126 valence electrons. The molecule has 1 spiro atoms. The van der Waals surface area contributed by atoms with Crippen LogP contribution in [-0.4, -0.2) is 29.1 Å². The standard InChI is InChI=1S/C19H23FN4/c1-13-12-22-18(24-17(13)15-4-2-3-5-16(15)20)23-14-10-19(11-14)6-8-21-9-7-19/h2-5,12,14,21H,6-11H2,1H3,(H,22,23,24). The lowest BCUT2D eigenvalue weighted by atomic mass is 9.60. The Balaban J connectivity index is 1.49. The van der Waals surface area contributed by atoms with Crippen LogP contribution in [0.25, 0.3) is 11.3 Å². The molecule has 4 nitrogen and oxygen atoms in total. The normalized spacial score (nSPS) is 19.9. The molecule has 2 heterocycles. The molecule has 4 rings (SSSR count). The van der Waals surface area contributed by atoms with Gasteiger partial charge in [-0.2, -0.15) is 0 Å². The lowest BCUT2D eigenvalue weighted by Crippen LogP contribution is -2.50. The van der Waals surface area contributed by atoms with Crippen molar-refractivity contribution in [2.45, 2.75) is 38.6 Å². The fourth-order valence-electron chi connectivity index (χ4n) is 4.07. The monoisotopic (exact) mass is 326 g/mol. The summed E-state index contributed by atoms with van der Waals surface area (Å²) in [4.78, 5) is 8.98. The highest BCUT2D eigenvalue weighted by Gasteiger charge is 2.44. The summed E-state index contributed by atoms with van der Waals surface area (Å²) in [5, 5.41) is 6.87. The number of halogens is 1. The molecule has 0 atom stereocenters. The molecular formula is C19H23FN4. The molecule has 1 aliphatic carbocycles. The molecule has 1 saturated carbocycles. The molecule has 1 aromatic heterocycles. The molecule has 24 heavy (non-hydrogen) atoms. The Morgan fingerprint density at radius 2 is 1.96 bits per heavy atom. The summed E-state index contributed by atoms with van der Waals surface area (Å²) in [6.07, 6.45) is 6.67. The van der Waals surface area contributed by atoms with Gasteiger partial charge in [-0.3, -0.25) is 0 Å². The Kier molecular flexibility index (Phi) is 3.96. The van der Waals surface area contributed by atoms with Crippen LogP contribution in [-0.2, 0) is 0 Å². The molecule has 0 unspecified atom stereocenters. The molecule has 1 aromatic carbocycles. The van der Waals surface area contributed by atoms with Gasteiger partial charge in [0.05, 0.1) is 5.69 Å². The van der Waals surface area contributed by atoms with Gasteiger partial charge in [0.15, 0.2) is 0 Å². The Morgan fingerprint density at radius 3 is 2.71 bits per heavy atom. The van der Waals surface area contributed by atoms with E-state index in [-0.39, 0.29) is 5.82 Å². The molecule has 2 fully saturated rings. The SMILES string of the molecule is Cc1cnc(NC2CC3(CCNCC3)C2)nc1-c1ccccc1F. The highest BCUT2D eigenvalue weighted by molar-refractivity contribution is 5.64. The van der Waals surface area contributed by atoms with E-state index in [2.05, 4.69) is 20.6 Å². The van der Waals surface area contributed by atoms with Crippen molar-refractivity contribution >= 4 is 5.95 Å². The van der Waals surface area contributed by atoms with Crippen molar-refractivity contribution in [1.29, 1.82) is 0 Å². The molecule has 0 bridgehead atoms. The maximum atomic E-state index is 14.1. The fraction of sp³-hybridized carbons (Fsp3) is 0.474. The maximum Gasteiger partial charge on any atom is 0.223 e. The van der Waals surface area contributed by atoms with Gasteiger partial charge in [0.25, 0.3) is 0 Å². The van der Waals surface area contributed by atoms with Crippen LogP contribution < -0.4 is 10.6 Å². The van der Waals surface area contributed by atoms with Crippen LogP contribution in [0.4, 0.5) is 10.3 Å². The van der Waals surface area contributed by atoms with Gasteiger partial charge in [0.1, 0.15) is 5.82 Å². The zero-order valence-electron chi connectivity index (χ0n) is 14.0. The number of piperidine rings is 1. The number of nitrogens with one attached hydrogen (secondary N) is 2. The van der Waals surface area contributed by atoms with Crippen molar-refractivity contribution < 1.29 is 4.39 Å². The Labute approximate surface area is 141 Å². The van der Waals surface area contributed by atoms with Crippen molar-refractivity contribution in [2.24, 2.45) is 5.41 Å². The molecule has 5 heteroatoms. The topological polar surface area (TPSA) is 49.8 Å². The molecule has 2 aromatic rings. The zero-order chi connectivity index (χ0) is 16.6. The average Bonchev–Trinajstić information content (AvgIpc) is 2.57. The summed E-state index contributed by atoms with van der Waals surface area (Å²) < 4.78 is 14.1. The van der Waals surface area contributed by atoms with E-state index in [4.69, 9.17) is 0 Å². The largest absolute Gasteiger partial charge is 0.351 e. The average molecular weight is 326 g/mol. The third-order valence-electron chi connectivity index (χ3n) is 5.46. The molecule has 0 amide bonds. The van der Waals surface area contributed by atoms with Gasteiger partial charge < -0.3 is 10.6 Å². The number of hydrogen-bond acceptors (Lipinski definition) is 4. The second kappa shape index (κ2) is 6.13. The van der Waals surface area contributed by atoms with E-state index >= 15 is 0 Å². The van der Waals surface area contributed by atoms with Crippen LogP contribution in [0.5, 0.6) is 0 Å². The van der Waals surface area contributed by atoms with Gasteiger partial charge >= 0.3 is 0 Å². The molecule has 0 radical (unpaired) electrons. The second-order valence-corrected chi connectivity index (χ2v) is 7.20. The summed E-state index contributed by atoms with van der Waals surface area (Å²) >= 11 is 0. The van der Waals surface area contributed by atoms with E-state index in [0.29, 0.717) is 28.7 Å². The van der Waals surface area contributed by atoms with Gasteiger partial charge in [-0.15, -0.1) is 0 Å². The van der Waals surface area contributed by atoms with Crippen molar-refractivity contribution in [2.75, 3.05) is 18.4 Å². The Bertz CT molecular complexity index is 732. The lowest BCUT2D eigenvalue weighted by molar-refractivity contribution is 0.0715. The Hall–Kier alpha value is -2.01. The number of nitrogens with zero attached hydrogens (tertiary/aromatic N) is 2. The summed E-state index contributed by atoms with van der Waals surface area (Å²) in [7, 11) is 0. The first-order valence-corrected chi connectivity index (χ1v) is 8.71. The molecular weight excluding hydrogens is 303 g/mol. The van der Waals surface area contributed by atoms with Crippen LogP contribution in [0, 0.1) is 18.2 Å². The van der Waals surface area contributed by atoms with Crippen LogP contribution in [0.1, 0.15) is 31.2 Å². The number of anilines is 1. The van der Waals surface area contributed by atoms with Crippen LogP contribution in [0.2, 0.25) is 0 Å². The maximum absolute atomic E-state index is 14.1. The number of aromatic nitrogens is 2. The van der Waals surface area contributed by atoms with Gasteiger partial charge in [0.2, 0.25) is 5.95 Å². The Morgan fingerprint density at radius 1 is 1.21 bits per heavy atom. The molecule has 1 saturated heterocycles. The van der Waals surface area contributed by atoms with Crippen LogP contribution in [0.15, 0.2) is 30.5 Å². The van der Waals surface area contributed by atoms with Gasteiger partial charge in [0, 0.05) is 17.8 Å². The quantitative estimate of drug-likeness (QED) is 0.906. The second-order valence-electron chi connectivity index (χ2n) is 7.20. The smallest absolute Gasteiger partial charge is 0.223 e. The van der Waals surface area contributed by atoms with E-state index in [1.807, 2.05) is 13.0 Å². The third-order valence-corrected chi connectivity index (χ3v) is 5.46. The predicted octanol–water partition coefficient (Wildman–Crippen LogP) is 3.54. The first-order valence-electron chi connectivity index (χ1n) is 8.71. The third kappa shape index (κ3) is 2.88. The summed E-state index contributed by atoms with van der Waals surface area (Å²) in [5.41, 5.74) is 2.60. The van der Waals surface area contributed by atoms with Gasteiger partial charge in [-0.25, -0.2) is 14.4 Å². The first-order chi connectivity index (χ1) is 11.7. The van der Waals surface area contributed by atoms with E-state index < -0.39 is 0 Å². The van der Waals surface area contributed by atoms with E-state index in [0.717, 1.165) is 18.7 Å². The minimum absolute atomic E-state index is 0.248. The number of benzene rings is 1. The predicted molar refractivity (Wildman–Crippen MR) is 93.3 cm³/mol. The summed E-state index contributed by atoms with van der Waals surface area (Å²) in [6, 6.07) is 7.19. The van der Waals surface area contributed by atoms with Gasteiger partial charge in [-0.05, 0) is 68.8 Å². The van der Waals surface area contributed by atoms with E-state index in [9.17, 15) is 4.39 Å². The minimum Gasteiger partial charge on any atom is -0.351 e. The van der Waals surface area contributed by atoms with Crippen LogP contribution in [0.3, 0.4) is 0 Å².